The van der Waals surface area contributed by atoms with E-state index in [9.17, 15) is 9.18 Å². The molecule has 0 aliphatic carbocycles. The number of unbranched alkanes of at least 4 members (excludes halogenated alkanes) is 11. The fourth-order valence-electron chi connectivity index (χ4n) is 5.34. The van der Waals surface area contributed by atoms with Crippen LogP contribution >= 0.6 is 27.5 Å². The SMILES string of the molecule is CCCCCCCCCCCCCCC(Br)C(F)(F)NC[C@@H]1CN(C(=O)OC(C)(C)C)CCO[C@H]1c1ccc(Cl)c(F)c1. The zero-order valence-corrected chi connectivity index (χ0v) is 28.9. The number of alkyl halides is 3. The van der Waals surface area contributed by atoms with E-state index in [1.54, 1.807) is 26.8 Å². The maximum atomic E-state index is 15.2. The molecule has 43 heavy (non-hydrogen) atoms. The Hall–Kier alpha value is -1.03. The van der Waals surface area contributed by atoms with E-state index in [0.717, 1.165) is 25.7 Å². The number of nitrogens with zero attached hydrogens (tertiary/aromatic N) is 1. The van der Waals surface area contributed by atoms with Crippen molar-refractivity contribution in [2.24, 2.45) is 5.92 Å². The van der Waals surface area contributed by atoms with Gasteiger partial charge < -0.3 is 14.4 Å². The summed E-state index contributed by atoms with van der Waals surface area (Å²) in [6, 6.07) is 1.14. The van der Waals surface area contributed by atoms with Crippen molar-refractivity contribution >= 4 is 33.6 Å². The summed E-state index contributed by atoms with van der Waals surface area (Å²) in [7, 11) is 0. The molecule has 0 spiro atoms. The van der Waals surface area contributed by atoms with Crippen molar-refractivity contribution in [2.75, 3.05) is 26.2 Å². The van der Waals surface area contributed by atoms with Gasteiger partial charge in [0.1, 0.15) is 11.4 Å². The summed E-state index contributed by atoms with van der Waals surface area (Å²) < 4.78 is 56.4. The highest BCUT2D eigenvalue weighted by atomic mass is 79.9. The van der Waals surface area contributed by atoms with Gasteiger partial charge in [-0.2, -0.15) is 8.78 Å². The van der Waals surface area contributed by atoms with Crippen LogP contribution in [0.3, 0.4) is 0 Å². The summed E-state index contributed by atoms with van der Waals surface area (Å²) in [6.45, 7) is 7.88. The molecule has 0 radical (unpaired) electrons. The van der Waals surface area contributed by atoms with Gasteiger partial charge in [0.05, 0.1) is 22.6 Å². The highest BCUT2D eigenvalue weighted by Crippen LogP contribution is 2.33. The van der Waals surface area contributed by atoms with Crippen LogP contribution in [-0.4, -0.2) is 53.7 Å². The van der Waals surface area contributed by atoms with E-state index < -0.39 is 40.4 Å². The number of hydrogen-bond donors (Lipinski definition) is 1. The molecule has 0 saturated carbocycles. The summed E-state index contributed by atoms with van der Waals surface area (Å²) in [5, 5.41) is 2.39. The molecule has 3 atom stereocenters. The predicted molar refractivity (Wildman–Crippen MR) is 173 cm³/mol. The Morgan fingerprint density at radius 2 is 1.65 bits per heavy atom. The normalized spacial score (nSPS) is 18.9. The molecule has 1 aromatic carbocycles. The number of carbonyl (C=O) groups excluding carboxylic acids is 1. The monoisotopic (exact) mass is 696 g/mol. The molecule has 248 valence electrons. The summed E-state index contributed by atoms with van der Waals surface area (Å²) in [5.41, 5.74) is -0.226. The Labute approximate surface area is 271 Å². The van der Waals surface area contributed by atoms with Crippen molar-refractivity contribution < 1.29 is 27.4 Å². The van der Waals surface area contributed by atoms with Crippen molar-refractivity contribution in [2.45, 2.75) is 134 Å². The van der Waals surface area contributed by atoms with Gasteiger partial charge in [-0.25, -0.2) is 9.18 Å². The molecule has 10 heteroatoms. The van der Waals surface area contributed by atoms with Crippen molar-refractivity contribution in [3.8, 4) is 0 Å². The van der Waals surface area contributed by atoms with Crippen LogP contribution in [0.5, 0.6) is 0 Å². The number of carbonyl (C=O) groups is 1. The van der Waals surface area contributed by atoms with Crippen LogP contribution in [0.4, 0.5) is 18.0 Å². The van der Waals surface area contributed by atoms with Crippen LogP contribution in [0.25, 0.3) is 0 Å². The van der Waals surface area contributed by atoms with Crippen LogP contribution in [0.15, 0.2) is 18.2 Å². The molecule has 1 heterocycles. The van der Waals surface area contributed by atoms with Gasteiger partial charge in [-0.1, -0.05) is 118 Å². The van der Waals surface area contributed by atoms with E-state index in [4.69, 9.17) is 21.1 Å². The third-order valence-corrected chi connectivity index (χ3v) is 9.11. The Bertz CT molecular complexity index is 950. The average molecular weight is 698 g/mol. The summed E-state index contributed by atoms with van der Waals surface area (Å²) in [4.78, 5) is 13.3. The lowest BCUT2D eigenvalue weighted by Gasteiger charge is -2.32. The van der Waals surface area contributed by atoms with E-state index >= 15 is 8.78 Å². The first-order valence-corrected chi connectivity index (χ1v) is 17.4. The highest BCUT2D eigenvalue weighted by Gasteiger charge is 2.40. The molecule has 1 amide bonds. The summed E-state index contributed by atoms with van der Waals surface area (Å²) in [5.74, 6) is -1.20. The molecule has 1 aromatic rings. The lowest BCUT2D eigenvalue weighted by molar-refractivity contribution is -0.0485. The van der Waals surface area contributed by atoms with Crippen LogP contribution in [0, 0.1) is 11.7 Å². The molecule has 0 aromatic heterocycles. The lowest BCUT2D eigenvalue weighted by atomic mass is 9.94. The minimum atomic E-state index is -3.18. The third kappa shape index (κ3) is 14.7. The van der Waals surface area contributed by atoms with E-state index in [1.807, 2.05) is 0 Å². The van der Waals surface area contributed by atoms with E-state index in [-0.39, 0.29) is 31.3 Å². The number of hydrogen-bond acceptors (Lipinski definition) is 4. The molecule has 1 aliphatic heterocycles. The summed E-state index contributed by atoms with van der Waals surface area (Å²) in [6.07, 6.45) is 13.3. The fraction of sp³-hybridized carbons (Fsp3) is 0.788. The first-order valence-electron chi connectivity index (χ1n) is 16.2. The van der Waals surface area contributed by atoms with E-state index in [2.05, 4.69) is 28.2 Å². The fourth-order valence-corrected chi connectivity index (χ4v) is 5.94. The minimum absolute atomic E-state index is 0.0334. The predicted octanol–water partition coefficient (Wildman–Crippen LogP) is 10.4. The third-order valence-electron chi connectivity index (χ3n) is 7.77. The zero-order chi connectivity index (χ0) is 31.9. The minimum Gasteiger partial charge on any atom is -0.444 e. The number of halogens is 5. The van der Waals surface area contributed by atoms with Crippen molar-refractivity contribution in [3.63, 3.8) is 0 Å². The highest BCUT2D eigenvalue weighted by molar-refractivity contribution is 9.09. The standard InChI is InChI=1S/C33H53BrClF3N2O3/c1-5-6-7-8-9-10-11-12-13-14-15-16-17-29(34)33(37,38)39-23-26-24-40(31(41)43-32(2,3)4)20-21-42-30(26)25-18-19-27(35)28(36)22-25/h18-19,22,26,29-30,39H,5-17,20-21,23-24H2,1-4H3/t26-,29?,30+/m1/s1. The average Bonchev–Trinajstić information content (AvgIpc) is 3.16. The maximum absolute atomic E-state index is 15.2. The van der Waals surface area contributed by atoms with Crippen molar-refractivity contribution in [1.29, 1.82) is 0 Å². The number of ether oxygens (including phenoxy) is 2. The Kier molecular flexibility index (Phi) is 17.3. The second kappa shape index (κ2) is 19.5. The van der Waals surface area contributed by atoms with Crippen LogP contribution in [-0.2, 0) is 9.47 Å². The van der Waals surface area contributed by atoms with Gasteiger partial charge in [-0.3, -0.25) is 5.32 Å². The molecule has 1 unspecified atom stereocenters. The Morgan fingerprint density at radius 3 is 2.21 bits per heavy atom. The van der Waals surface area contributed by atoms with Gasteiger partial charge in [-0.15, -0.1) is 0 Å². The van der Waals surface area contributed by atoms with Crippen molar-refractivity contribution in [3.05, 3.63) is 34.6 Å². The molecule has 1 saturated heterocycles. The quantitative estimate of drug-likeness (QED) is 0.0943. The molecular formula is C33H53BrClF3N2O3. The zero-order valence-electron chi connectivity index (χ0n) is 26.5. The largest absolute Gasteiger partial charge is 0.444 e. The van der Waals surface area contributed by atoms with Crippen LogP contribution in [0.1, 0.15) is 123 Å². The Balaban J connectivity index is 1.89. The molecule has 1 fully saturated rings. The maximum Gasteiger partial charge on any atom is 0.410 e. The lowest BCUT2D eigenvalue weighted by Crippen LogP contribution is -2.49. The van der Waals surface area contributed by atoms with Gasteiger partial charge in [0.2, 0.25) is 0 Å². The summed E-state index contributed by atoms with van der Waals surface area (Å²) >= 11 is 9.10. The number of nitrogens with one attached hydrogen (secondary N) is 1. The smallest absolute Gasteiger partial charge is 0.410 e. The van der Waals surface area contributed by atoms with Gasteiger partial charge in [-0.05, 0) is 44.9 Å². The van der Waals surface area contributed by atoms with E-state index in [1.165, 1.54) is 68.4 Å². The van der Waals surface area contributed by atoms with Gasteiger partial charge in [0, 0.05) is 25.6 Å². The second-order valence-corrected chi connectivity index (χ2v) is 14.3. The number of rotatable bonds is 18. The topological polar surface area (TPSA) is 50.8 Å². The van der Waals surface area contributed by atoms with Gasteiger partial charge in [0.15, 0.2) is 0 Å². The van der Waals surface area contributed by atoms with Crippen molar-refractivity contribution in [1.82, 2.24) is 10.2 Å². The molecule has 1 aliphatic rings. The molecule has 2 rings (SSSR count). The second-order valence-electron chi connectivity index (χ2n) is 12.8. The first-order chi connectivity index (χ1) is 20.3. The van der Waals surface area contributed by atoms with Gasteiger partial charge >= 0.3 is 12.1 Å². The molecule has 5 nitrogen and oxygen atoms in total. The van der Waals surface area contributed by atoms with Crippen LogP contribution < -0.4 is 5.32 Å². The van der Waals surface area contributed by atoms with Gasteiger partial charge in [0.25, 0.3) is 0 Å². The number of benzene rings is 1. The molecular weight excluding hydrogens is 645 g/mol. The number of amides is 1. The molecule has 0 bridgehead atoms. The molecule has 1 N–H and O–H groups in total. The van der Waals surface area contributed by atoms with Crippen LogP contribution in [0.2, 0.25) is 5.02 Å². The Morgan fingerprint density at radius 1 is 1.07 bits per heavy atom. The van der Waals surface area contributed by atoms with E-state index in [0.29, 0.717) is 12.0 Å². The first kappa shape index (κ1) is 38.2.